The van der Waals surface area contributed by atoms with Crippen LogP contribution in [0.1, 0.15) is 61.3 Å². The smallest absolute Gasteiger partial charge is 0.356 e. The molecule has 1 aromatic carbocycles. The molecule has 0 aromatic heterocycles. The number of benzene rings is 1. The van der Waals surface area contributed by atoms with Crippen molar-refractivity contribution < 1.29 is 40.2 Å². The van der Waals surface area contributed by atoms with Gasteiger partial charge in [0.15, 0.2) is 6.10 Å². The number of rotatable bonds is 6. The molecule has 0 saturated heterocycles. The fraction of sp³-hybridized carbons (Fsp3) is 0.684. The number of hydrogen-bond acceptors (Lipinski definition) is 3. The van der Waals surface area contributed by atoms with Crippen LogP contribution in [-0.4, -0.2) is 31.5 Å². The summed E-state index contributed by atoms with van der Waals surface area (Å²) >= 11 is 0. The molecule has 10 heteroatoms. The van der Waals surface area contributed by atoms with Crippen molar-refractivity contribution in [3.8, 4) is 0 Å². The van der Waals surface area contributed by atoms with Gasteiger partial charge >= 0.3 is 6.30 Å². The number of nitrogens with one attached hydrogen (secondary N) is 1. The summed E-state index contributed by atoms with van der Waals surface area (Å²) < 4.78 is 105. The first-order valence-electron chi connectivity index (χ1n) is 9.39. The molecule has 3 rings (SSSR count). The number of ether oxygens (including phenoxy) is 2. The number of alkyl halides is 7. The molecular formula is C19H22F7NO2. The van der Waals surface area contributed by atoms with Gasteiger partial charge in [0.05, 0.1) is 0 Å². The van der Waals surface area contributed by atoms with Gasteiger partial charge in [-0.3, -0.25) is 5.32 Å². The Morgan fingerprint density at radius 2 is 1.76 bits per heavy atom. The van der Waals surface area contributed by atoms with Gasteiger partial charge in [-0.15, -0.1) is 0 Å². The monoisotopic (exact) mass is 429 g/mol. The fourth-order valence-corrected chi connectivity index (χ4v) is 4.12. The van der Waals surface area contributed by atoms with Crippen LogP contribution in [0.2, 0.25) is 0 Å². The highest BCUT2D eigenvalue weighted by molar-refractivity contribution is 5.62. The van der Waals surface area contributed by atoms with E-state index in [-0.39, 0.29) is 43.4 Å². The number of hydrogen-bond donors (Lipinski definition) is 1. The molecule has 0 amide bonds. The molecule has 0 bridgehead atoms. The number of fused-ring (bicyclic) bond motifs is 1. The average molecular weight is 429 g/mol. The molecule has 1 atom stereocenters. The molecule has 0 spiro atoms. The van der Waals surface area contributed by atoms with Crippen molar-refractivity contribution in [2.24, 2.45) is 0 Å². The second-order valence-corrected chi connectivity index (χ2v) is 7.44. The molecule has 0 radical (unpaired) electrons. The van der Waals surface area contributed by atoms with Crippen molar-refractivity contribution >= 4 is 5.69 Å². The summed E-state index contributed by atoms with van der Waals surface area (Å²) in [5.41, 5.74) is -0.357. The van der Waals surface area contributed by atoms with Crippen LogP contribution in [0.4, 0.5) is 36.4 Å². The van der Waals surface area contributed by atoms with Crippen LogP contribution in [0.3, 0.4) is 0 Å². The molecular weight excluding hydrogens is 407 g/mol. The Balaban J connectivity index is 2.00. The van der Waals surface area contributed by atoms with Crippen molar-refractivity contribution in [1.29, 1.82) is 0 Å². The van der Waals surface area contributed by atoms with Crippen LogP contribution in [0.5, 0.6) is 0 Å². The Morgan fingerprint density at radius 1 is 1.10 bits per heavy atom. The summed E-state index contributed by atoms with van der Waals surface area (Å²) in [5.74, 6) is -6.66. The van der Waals surface area contributed by atoms with Gasteiger partial charge in [-0.05, 0) is 42.9 Å². The molecule has 2 aliphatic carbocycles. The molecule has 0 aliphatic heterocycles. The standard InChI is InChI=1S/C19H22F7NO2/c1-2-28-10-29-16-15-13(9-18(16,22)23)12(3-4-14(15)27-19(24,25)26)11-5-7-17(20,21)8-6-11/h3-4,11,16,27H,2,5-10H2,1H3. The third-order valence-corrected chi connectivity index (χ3v) is 5.41. The van der Waals surface area contributed by atoms with Gasteiger partial charge in [-0.1, -0.05) is 6.07 Å². The average Bonchev–Trinajstić information content (AvgIpc) is 2.86. The Kier molecular flexibility index (Phi) is 6.06. The first-order chi connectivity index (χ1) is 13.4. The lowest BCUT2D eigenvalue weighted by molar-refractivity contribution is -0.174. The van der Waals surface area contributed by atoms with E-state index in [4.69, 9.17) is 9.47 Å². The van der Waals surface area contributed by atoms with Gasteiger partial charge in [0.1, 0.15) is 6.79 Å². The molecule has 3 nitrogen and oxygen atoms in total. The summed E-state index contributed by atoms with van der Waals surface area (Å²) in [4.78, 5) is 0. The third kappa shape index (κ3) is 4.96. The first-order valence-corrected chi connectivity index (χ1v) is 9.39. The lowest BCUT2D eigenvalue weighted by Gasteiger charge is -2.30. The van der Waals surface area contributed by atoms with Crippen LogP contribution < -0.4 is 5.32 Å². The lowest BCUT2D eigenvalue weighted by atomic mass is 9.79. The number of anilines is 1. The van der Waals surface area contributed by atoms with E-state index in [2.05, 4.69) is 0 Å². The van der Waals surface area contributed by atoms with E-state index in [1.165, 1.54) is 11.4 Å². The lowest BCUT2D eigenvalue weighted by Crippen LogP contribution is -2.27. The van der Waals surface area contributed by atoms with Crippen molar-refractivity contribution in [2.75, 3.05) is 18.7 Å². The van der Waals surface area contributed by atoms with Crippen molar-refractivity contribution in [1.82, 2.24) is 0 Å². The fourth-order valence-electron chi connectivity index (χ4n) is 4.12. The van der Waals surface area contributed by atoms with Gasteiger partial charge < -0.3 is 9.47 Å². The van der Waals surface area contributed by atoms with E-state index < -0.39 is 49.1 Å². The van der Waals surface area contributed by atoms with Gasteiger partial charge in [0.25, 0.3) is 5.92 Å². The second-order valence-electron chi connectivity index (χ2n) is 7.44. The highest BCUT2D eigenvalue weighted by atomic mass is 19.4. The minimum absolute atomic E-state index is 0.0426. The highest BCUT2D eigenvalue weighted by Gasteiger charge is 2.52. The zero-order valence-electron chi connectivity index (χ0n) is 15.7. The maximum Gasteiger partial charge on any atom is 0.482 e. The van der Waals surface area contributed by atoms with E-state index in [1.807, 2.05) is 0 Å². The molecule has 1 aromatic rings. The maximum absolute atomic E-state index is 14.7. The first kappa shape index (κ1) is 22.1. The molecule has 1 saturated carbocycles. The summed E-state index contributed by atoms with van der Waals surface area (Å²) in [6, 6.07) is 2.41. The summed E-state index contributed by atoms with van der Waals surface area (Å²) in [6.07, 6.45) is -8.15. The Bertz CT molecular complexity index is 726. The predicted molar refractivity (Wildman–Crippen MR) is 91.2 cm³/mol. The van der Waals surface area contributed by atoms with Gasteiger partial charge in [0.2, 0.25) is 5.92 Å². The zero-order chi connectivity index (χ0) is 21.4. The van der Waals surface area contributed by atoms with E-state index >= 15 is 0 Å². The van der Waals surface area contributed by atoms with Crippen LogP contribution in [-0.2, 0) is 15.9 Å². The second kappa shape index (κ2) is 7.94. The van der Waals surface area contributed by atoms with E-state index in [0.29, 0.717) is 5.56 Å². The minimum atomic E-state index is -4.83. The minimum Gasteiger partial charge on any atom is -0.356 e. The highest BCUT2D eigenvalue weighted by Crippen LogP contribution is 2.53. The topological polar surface area (TPSA) is 30.5 Å². The SMILES string of the molecule is CCOCOC1c2c(NC(F)(F)F)ccc(C3CCC(F)(F)CC3)c2CC1(F)F. The molecule has 29 heavy (non-hydrogen) atoms. The van der Waals surface area contributed by atoms with E-state index in [0.717, 1.165) is 6.07 Å². The van der Waals surface area contributed by atoms with Gasteiger partial charge in [-0.25, -0.2) is 17.6 Å². The molecule has 2 aliphatic rings. The Hall–Kier alpha value is -1.55. The molecule has 164 valence electrons. The summed E-state index contributed by atoms with van der Waals surface area (Å²) in [5, 5.41) is 1.31. The van der Waals surface area contributed by atoms with Crippen LogP contribution in [0, 0.1) is 0 Å². The largest absolute Gasteiger partial charge is 0.482 e. The van der Waals surface area contributed by atoms with E-state index in [9.17, 15) is 30.7 Å². The van der Waals surface area contributed by atoms with E-state index in [1.54, 1.807) is 6.92 Å². The van der Waals surface area contributed by atoms with Crippen LogP contribution in [0.15, 0.2) is 12.1 Å². The van der Waals surface area contributed by atoms with Crippen LogP contribution >= 0.6 is 0 Å². The zero-order valence-corrected chi connectivity index (χ0v) is 15.7. The van der Waals surface area contributed by atoms with Crippen molar-refractivity contribution in [3.63, 3.8) is 0 Å². The van der Waals surface area contributed by atoms with Crippen molar-refractivity contribution in [3.05, 3.63) is 28.8 Å². The molecule has 1 unspecified atom stereocenters. The molecule has 0 heterocycles. The maximum atomic E-state index is 14.7. The summed E-state index contributed by atoms with van der Waals surface area (Å²) in [7, 11) is 0. The summed E-state index contributed by atoms with van der Waals surface area (Å²) in [6.45, 7) is 1.31. The quantitative estimate of drug-likeness (QED) is 0.255. The Labute approximate surface area is 163 Å². The molecule has 1 fully saturated rings. The predicted octanol–water partition coefficient (Wildman–Crippen LogP) is 6.15. The third-order valence-electron chi connectivity index (χ3n) is 5.41. The van der Waals surface area contributed by atoms with Crippen molar-refractivity contribution in [2.45, 2.75) is 69.2 Å². The molecule has 1 N–H and O–H groups in total. The van der Waals surface area contributed by atoms with Crippen LogP contribution in [0.25, 0.3) is 0 Å². The normalized spacial score (nSPS) is 23.8. The van der Waals surface area contributed by atoms with Gasteiger partial charge in [0, 0.05) is 37.1 Å². The Morgan fingerprint density at radius 3 is 2.34 bits per heavy atom. The van der Waals surface area contributed by atoms with Gasteiger partial charge in [-0.2, -0.15) is 13.2 Å². The number of halogens is 7.